The molecule has 0 heterocycles. The van der Waals surface area contributed by atoms with Crippen molar-refractivity contribution in [2.45, 2.75) is 53.1 Å². The Morgan fingerprint density at radius 1 is 1.17 bits per heavy atom. The molecule has 2 heteroatoms. The summed E-state index contributed by atoms with van der Waals surface area (Å²) in [5.41, 5.74) is 2.22. The highest BCUT2D eigenvalue weighted by Gasteiger charge is 2.20. The summed E-state index contributed by atoms with van der Waals surface area (Å²) in [4.78, 5) is 2.34. The lowest BCUT2D eigenvalue weighted by atomic mass is 9.99. The maximum Gasteiger partial charge on any atom is 0.120 e. The molecule has 1 rings (SSSR count). The molecular formula is C16H27NO. The Balaban J connectivity index is 2.85. The van der Waals surface area contributed by atoms with Gasteiger partial charge in [-0.05, 0) is 46.2 Å². The molecule has 0 spiro atoms. The first-order valence-electron chi connectivity index (χ1n) is 6.84. The van der Waals surface area contributed by atoms with Crippen molar-refractivity contribution < 1.29 is 5.11 Å². The summed E-state index contributed by atoms with van der Waals surface area (Å²) < 4.78 is 0. The Morgan fingerprint density at radius 2 is 1.78 bits per heavy atom. The molecule has 0 fully saturated rings. The Morgan fingerprint density at radius 3 is 2.33 bits per heavy atom. The van der Waals surface area contributed by atoms with Gasteiger partial charge in [-0.1, -0.05) is 31.5 Å². The van der Waals surface area contributed by atoms with E-state index in [2.05, 4.69) is 52.6 Å². The van der Waals surface area contributed by atoms with Crippen LogP contribution in [0.2, 0.25) is 0 Å². The number of nitrogens with zero attached hydrogens (tertiary/aromatic N) is 1. The zero-order valence-electron chi connectivity index (χ0n) is 12.6. The molecule has 1 N–H and O–H groups in total. The van der Waals surface area contributed by atoms with Crippen LogP contribution in [0.3, 0.4) is 0 Å². The SMILES string of the molecule is Cc1ccc(O)c(C(C)N(C)C(C)CC(C)C)c1. The average Bonchev–Trinajstić information content (AvgIpc) is 2.29. The van der Waals surface area contributed by atoms with Crippen molar-refractivity contribution in [1.82, 2.24) is 4.90 Å². The van der Waals surface area contributed by atoms with E-state index in [0.29, 0.717) is 17.7 Å². The maximum absolute atomic E-state index is 9.99. The van der Waals surface area contributed by atoms with Crippen LogP contribution in [0, 0.1) is 12.8 Å². The molecule has 2 atom stereocenters. The van der Waals surface area contributed by atoms with Crippen LogP contribution in [0.1, 0.15) is 51.3 Å². The van der Waals surface area contributed by atoms with Gasteiger partial charge in [-0.25, -0.2) is 0 Å². The minimum atomic E-state index is 0.235. The van der Waals surface area contributed by atoms with Crippen LogP contribution in [-0.2, 0) is 0 Å². The van der Waals surface area contributed by atoms with Crippen LogP contribution >= 0.6 is 0 Å². The molecule has 0 saturated heterocycles. The van der Waals surface area contributed by atoms with Crippen molar-refractivity contribution in [3.05, 3.63) is 29.3 Å². The van der Waals surface area contributed by atoms with E-state index in [1.807, 2.05) is 6.07 Å². The van der Waals surface area contributed by atoms with Gasteiger partial charge in [0.25, 0.3) is 0 Å². The Hall–Kier alpha value is -1.02. The highest BCUT2D eigenvalue weighted by molar-refractivity contribution is 5.37. The summed E-state index contributed by atoms with van der Waals surface area (Å²) in [7, 11) is 2.14. The van der Waals surface area contributed by atoms with E-state index in [9.17, 15) is 5.11 Å². The largest absolute Gasteiger partial charge is 0.508 e. The lowest BCUT2D eigenvalue weighted by Crippen LogP contribution is -2.32. The molecule has 2 unspecified atom stereocenters. The highest BCUT2D eigenvalue weighted by atomic mass is 16.3. The zero-order valence-corrected chi connectivity index (χ0v) is 12.6. The average molecular weight is 249 g/mol. The van der Waals surface area contributed by atoms with Gasteiger partial charge in [0.05, 0.1) is 0 Å². The molecule has 0 aliphatic heterocycles. The highest BCUT2D eigenvalue weighted by Crippen LogP contribution is 2.30. The van der Waals surface area contributed by atoms with Crippen LogP contribution in [0.15, 0.2) is 18.2 Å². The van der Waals surface area contributed by atoms with Gasteiger partial charge in [-0.15, -0.1) is 0 Å². The summed E-state index contributed by atoms with van der Waals surface area (Å²) in [6, 6.07) is 6.57. The number of benzene rings is 1. The van der Waals surface area contributed by atoms with Crippen LogP contribution < -0.4 is 0 Å². The van der Waals surface area contributed by atoms with Crippen molar-refractivity contribution in [2.24, 2.45) is 5.92 Å². The molecule has 0 bridgehead atoms. The first-order chi connectivity index (χ1) is 8.32. The number of rotatable bonds is 5. The van der Waals surface area contributed by atoms with Gasteiger partial charge in [0, 0.05) is 17.6 Å². The standard InChI is InChI=1S/C16H27NO/c1-11(2)9-13(4)17(6)14(5)15-10-12(3)7-8-16(15)18/h7-8,10-11,13-14,18H,9H2,1-6H3. The van der Waals surface area contributed by atoms with Crippen molar-refractivity contribution in [3.8, 4) is 5.75 Å². The van der Waals surface area contributed by atoms with Crippen molar-refractivity contribution >= 4 is 0 Å². The molecule has 18 heavy (non-hydrogen) atoms. The number of aryl methyl sites for hydroxylation is 1. The Labute approximate surface area is 112 Å². The van der Waals surface area contributed by atoms with E-state index in [4.69, 9.17) is 0 Å². The fraction of sp³-hybridized carbons (Fsp3) is 0.625. The van der Waals surface area contributed by atoms with E-state index < -0.39 is 0 Å². The molecule has 1 aromatic rings. The van der Waals surface area contributed by atoms with Gasteiger partial charge >= 0.3 is 0 Å². The molecule has 0 aromatic heterocycles. The molecule has 1 aromatic carbocycles. The smallest absolute Gasteiger partial charge is 0.120 e. The van der Waals surface area contributed by atoms with Gasteiger partial charge in [0.15, 0.2) is 0 Å². The number of aromatic hydroxyl groups is 1. The molecule has 0 amide bonds. The lowest BCUT2D eigenvalue weighted by molar-refractivity contribution is 0.173. The normalized spacial score (nSPS) is 15.1. The molecule has 0 saturated carbocycles. The van der Waals surface area contributed by atoms with Crippen molar-refractivity contribution in [1.29, 1.82) is 0 Å². The Kier molecular flexibility index (Phi) is 5.21. The predicted molar refractivity (Wildman–Crippen MR) is 77.9 cm³/mol. The van der Waals surface area contributed by atoms with Crippen LogP contribution in [-0.4, -0.2) is 23.1 Å². The van der Waals surface area contributed by atoms with E-state index in [1.54, 1.807) is 6.07 Å². The van der Waals surface area contributed by atoms with Crippen LogP contribution in [0.25, 0.3) is 0 Å². The fourth-order valence-corrected chi connectivity index (χ4v) is 2.46. The third-order valence-electron chi connectivity index (χ3n) is 3.75. The van der Waals surface area contributed by atoms with E-state index in [-0.39, 0.29) is 6.04 Å². The van der Waals surface area contributed by atoms with Crippen LogP contribution in [0.4, 0.5) is 0 Å². The second-order valence-corrected chi connectivity index (χ2v) is 5.88. The first kappa shape index (κ1) is 15.0. The van der Waals surface area contributed by atoms with E-state index >= 15 is 0 Å². The predicted octanol–water partition coefficient (Wildman–Crippen LogP) is 4.13. The second kappa shape index (κ2) is 6.24. The van der Waals surface area contributed by atoms with Gasteiger partial charge in [0.2, 0.25) is 0 Å². The molecule has 0 aliphatic carbocycles. The lowest BCUT2D eigenvalue weighted by Gasteiger charge is -2.32. The fourth-order valence-electron chi connectivity index (χ4n) is 2.46. The van der Waals surface area contributed by atoms with Gasteiger partial charge in [-0.2, -0.15) is 0 Å². The number of hydrogen-bond donors (Lipinski definition) is 1. The summed E-state index contributed by atoms with van der Waals surface area (Å²) >= 11 is 0. The molecule has 0 radical (unpaired) electrons. The van der Waals surface area contributed by atoms with E-state index in [0.717, 1.165) is 5.56 Å². The molecule has 2 nitrogen and oxygen atoms in total. The molecular weight excluding hydrogens is 222 g/mol. The minimum Gasteiger partial charge on any atom is -0.508 e. The van der Waals surface area contributed by atoms with Gasteiger partial charge < -0.3 is 5.11 Å². The maximum atomic E-state index is 9.99. The minimum absolute atomic E-state index is 0.235. The number of phenolic OH excluding ortho intramolecular Hbond substituents is 1. The van der Waals surface area contributed by atoms with Crippen LogP contribution in [0.5, 0.6) is 5.75 Å². The molecule has 0 aliphatic rings. The summed E-state index contributed by atoms with van der Waals surface area (Å²) in [6.07, 6.45) is 1.17. The van der Waals surface area contributed by atoms with E-state index in [1.165, 1.54) is 12.0 Å². The van der Waals surface area contributed by atoms with Gasteiger partial charge in [0.1, 0.15) is 5.75 Å². The summed E-state index contributed by atoms with van der Waals surface area (Å²) in [6.45, 7) is 11.0. The third kappa shape index (κ3) is 3.74. The Bertz CT molecular complexity index is 387. The second-order valence-electron chi connectivity index (χ2n) is 5.88. The first-order valence-corrected chi connectivity index (χ1v) is 6.84. The number of hydrogen-bond acceptors (Lipinski definition) is 2. The van der Waals surface area contributed by atoms with Gasteiger partial charge in [-0.3, -0.25) is 4.90 Å². The summed E-state index contributed by atoms with van der Waals surface area (Å²) in [5, 5.41) is 9.99. The molecule has 102 valence electrons. The summed E-state index contributed by atoms with van der Waals surface area (Å²) in [5.74, 6) is 1.09. The zero-order chi connectivity index (χ0) is 13.9. The van der Waals surface area contributed by atoms with Crippen molar-refractivity contribution in [2.75, 3.05) is 7.05 Å². The van der Waals surface area contributed by atoms with Crippen molar-refractivity contribution in [3.63, 3.8) is 0 Å². The topological polar surface area (TPSA) is 23.5 Å². The number of phenols is 1. The quantitative estimate of drug-likeness (QED) is 0.848. The third-order valence-corrected chi connectivity index (χ3v) is 3.75. The monoisotopic (exact) mass is 249 g/mol.